The van der Waals surface area contributed by atoms with E-state index in [1.807, 2.05) is 0 Å². The van der Waals surface area contributed by atoms with Crippen molar-refractivity contribution < 1.29 is 9.59 Å². The maximum Gasteiger partial charge on any atom is 0.217 e. The van der Waals surface area contributed by atoms with Crippen molar-refractivity contribution in [3.8, 4) is 0 Å². The Kier molecular flexibility index (Phi) is 9.43. The van der Waals surface area contributed by atoms with Crippen molar-refractivity contribution in [2.24, 2.45) is 17.2 Å². The highest BCUT2D eigenvalue weighted by atomic mass is 16.1. The Labute approximate surface area is 103 Å². The van der Waals surface area contributed by atoms with Crippen molar-refractivity contribution in [2.75, 3.05) is 0 Å². The van der Waals surface area contributed by atoms with Crippen molar-refractivity contribution in [1.82, 2.24) is 0 Å². The first-order valence-corrected chi connectivity index (χ1v) is 6.34. The van der Waals surface area contributed by atoms with Crippen LogP contribution in [0.3, 0.4) is 0 Å². The third-order valence-electron chi connectivity index (χ3n) is 2.75. The molecule has 17 heavy (non-hydrogen) atoms. The Bertz CT molecular complexity index is 210. The lowest BCUT2D eigenvalue weighted by Gasteiger charge is -2.15. The molecule has 0 saturated heterocycles. The summed E-state index contributed by atoms with van der Waals surface area (Å²) in [5.41, 5.74) is 15.3. The number of rotatable bonds is 5. The molecule has 1 fully saturated rings. The van der Waals surface area contributed by atoms with E-state index in [9.17, 15) is 9.59 Å². The molecular formula is C12H25N3O2. The zero-order valence-corrected chi connectivity index (χ0v) is 10.5. The topological polar surface area (TPSA) is 112 Å². The van der Waals surface area contributed by atoms with Crippen LogP contribution >= 0.6 is 0 Å². The van der Waals surface area contributed by atoms with Gasteiger partial charge in [-0.15, -0.1) is 0 Å². The van der Waals surface area contributed by atoms with Gasteiger partial charge in [-0.05, 0) is 25.7 Å². The molecule has 0 spiro atoms. The standard InChI is InChI=1S/C6H12N2O2.C6H13N/c7-5(9)3-1-2-4-6(8)10;7-6-4-2-1-3-5-6/h1-4H2,(H2,7,9)(H2,8,10);6H,1-5,7H2. The number of carbonyl (C=O) groups is 2. The van der Waals surface area contributed by atoms with Crippen molar-refractivity contribution in [2.45, 2.75) is 63.8 Å². The fourth-order valence-corrected chi connectivity index (χ4v) is 1.73. The van der Waals surface area contributed by atoms with Gasteiger partial charge in [0.1, 0.15) is 0 Å². The largest absolute Gasteiger partial charge is 0.370 e. The molecule has 0 heterocycles. The highest BCUT2D eigenvalue weighted by molar-refractivity contribution is 5.74. The minimum atomic E-state index is -0.329. The molecule has 5 heteroatoms. The van der Waals surface area contributed by atoms with Crippen LogP contribution in [0.4, 0.5) is 0 Å². The van der Waals surface area contributed by atoms with Crippen molar-refractivity contribution in [3.05, 3.63) is 0 Å². The molecule has 0 radical (unpaired) electrons. The van der Waals surface area contributed by atoms with Crippen LogP contribution in [0.5, 0.6) is 0 Å². The van der Waals surface area contributed by atoms with Gasteiger partial charge in [0.05, 0.1) is 0 Å². The predicted molar refractivity (Wildman–Crippen MR) is 67.9 cm³/mol. The average Bonchev–Trinajstić information content (AvgIpc) is 2.26. The summed E-state index contributed by atoms with van der Waals surface area (Å²) in [4.78, 5) is 20.3. The molecule has 1 aliphatic rings. The van der Waals surface area contributed by atoms with E-state index in [2.05, 4.69) is 0 Å². The number of amides is 2. The first-order valence-electron chi connectivity index (χ1n) is 6.34. The summed E-state index contributed by atoms with van der Waals surface area (Å²) in [7, 11) is 0. The van der Waals surface area contributed by atoms with Crippen LogP contribution in [0.1, 0.15) is 57.8 Å². The number of hydrogen-bond donors (Lipinski definition) is 3. The molecule has 1 aliphatic carbocycles. The van der Waals surface area contributed by atoms with E-state index in [-0.39, 0.29) is 11.8 Å². The Hall–Kier alpha value is -1.10. The molecule has 0 atom stereocenters. The Morgan fingerprint density at radius 2 is 1.29 bits per heavy atom. The quantitative estimate of drug-likeness (QED) is 0.620. The number of nitrogens with two attached hydrogens (primary N) is 3. The minimum Gasteiger partial charge on any atom is -0.370 e. The van der Waals surface area contributed by atoms with Gasteiger partial charge in [-0.3, -0.25) is 9.59 Å². The lowest BCUT2D eigenvalue weighted by atomic mass is 9.97. The summed E-state index contributed by atoms with van der Waals surface area (Å²) < 4.78 is 0. The fourth-order valence-electron chi connectivity index (χ4n) is 1.73. The normalized spacial score (nSPS) is 15.8. The van der Waals surface area contributed by atoms with E-state index in [4.69, 9.17) is 17.2 Å². The fraction of sp³-hybridized carbons (Fsp3) is 0.833. The molecule has 2 amide bonds. The van der Waals surface area contributed by atoms with Gasteiger partial charge in [-0.2, -0.15) is 0 Å². The summed E-state index contributed by atoms with van der Waals surface area (Å²) in [6.07, 6.45) is 8.65. The maximum atomic E-state index is 10.2. The third kappa shape index (κ3) is 12.8. The van der Waals surface area contributed by atoms with Crippen LogP contribution in [0.25, 0.3) is 0 Å². The minimum absolute atomic E-state index is 0.329. The van der Waals surface area contributed by atoms with E-state index < -0.39 is 0 Å². The second-order valence-corrected chi connectivity index (χ2v) is 4.54. The second kappa shape index (κ2) is 10.1. The smallest absolute Gasteiger partial charge is 0.217 e. The van der Waals surface area contributed by atoms with E-state index in [1.54, 1.807) is 0 Å². The lowest BCUT2D eigenvalue weighted by molar-refractivity contribution is -0.119. The van der Waals surface area contributed by atoms with Gasteiger partial charge in [-0.1, -0.05) is 19.3 Å². The van der Waals surface area contributed by atoms with Crippen molar-refractivity contribution in [3.63, 3.8) is 0 Å². The van der Waals surface area contributed by atoms with E-state index in [0.29, 0.717) is 31.7 Å². The number of carbonyl (C=O) groups excluding carboxylic acids is 2. The number of primary amides is 2. The van der Waals surface area contributed by atoms with Gasteiger partial charge < -0.3 is 17.2 Å². The second-order valence-electron chi connectivity index (χ2n) is 4.54. The van der Waals surface area contributed by atoms with Crippen LogP contribution in [0.2, 0.25) is 0 Å². The number of hydrogen-bond acceptors (Lipinski definition) is 3. The third-order valence-corrected chi connectivity index (χ3v) is 2.75. The van der Waals surface area contributed by atoms with E-state index >= 15 is 0 Å². The zero-order chi connectivity index (χ0) is 13.1. The monoisotopic (exact) mass is 243 g/mol. The zero-order valence-electron chi connectivity index (χ0n) is 10.5. The molecule has 6 N–H and O–H groups in total. The van der Waals surface area contributed by atoms with Crippen molar-refractivity contribution in [1.29, 1.82) is 0 Å². The van der Waals surface area contributed by atoms with Crippen LogP contribution in [-0.2, 0) is 9.59 Å². The Balaban J connectivity index is 0.000000318. The van der Waals surface area contributed by atoms with Gasteiger partial charge >= 0.3 is 0 Å². The molecule has 0 aliphatic heterocycles. The number of unbranched alkanes of at least 4 members (excludes halogenated alkanes) is 1. The Morgan fingerprint density at radius 1 is 0.882 bits per heavy atom. The molecule has 1 rings (SSSR count). The molecule has 0 unspecified atom stereocenters. The molecule has 0 bridgehead atoms. The molecule has 100 valence electrons. The van der Waals surface area contributed by atoms with Crippen LogP contribution in [0.15, 0.2) is 0 Å². The van der Waals surface area contributed by atoms with Crippen LogP contribution in [0, 0.1) is 0 Å². The summed E-state index contributed by atoms with van der Waals surface area (Å²) >= 11 is 0. The Morgan fingerprint density at radius 3 is 1.53 bits per heavy atom. The van der Waals surface area contributed by atoms with Gasteiger partial charge in [0.15, 0.2) is 0 Å². The molecule has 0 aromatic heterocycles. The first kappa shape index (κ1) is 15.9. The maximum absolute atomic E-state index is 10.2. The average molecular weight is 243 g/mol. The SMILES string of the molecule is NC(=O)CCCCC(N)=O.NC1CCCCC1. The van der Waals surface area contributed by atoms with Gasteiger partial charge in [0.2, 0.25) is 11.8 Å². The molecule has 1 saturated carbocycles. The molecule has 0 aromatic carbocycles. The predicted octanol–water partition coefficient (Wildman–Crippen LogP) is 0.795. The molecule has 0 aromatic rings. The molecular weight excluding hydrogens is 218 g/mol. The van der Waals surface area contributed by atoms with Crippen LogP contribution < -0.4 is 17.2 Å². The highest BCUT2D eigenvalue weighted by Gasteiger charge is 2.06. The molecule has 5 nitrogen and oxygen atoms in total. The van der Waals surface area contributed by atoms with Gasteiger partial charge in [0.25, 0.3) is 0 Å². The summed E-state index contributed by atoms with van der Waals surface area (Å²) in [6.45, 7) is 0. The van der Waals surface area contributed by atoms with Gasteiger partial charge in [-0.25, -0.2) is 0 Å². The van der Waals surface area contributed by atoms with Crippen molar-refractivity contribution >= 4 is 11.8 Å². The summed E-state index contributed by atoms with van der Waals surface area (Å²) in [5.74, 6) is -0.658. The lowest BCUT2D eigenvalue weighted by Crippen LogP contribution is -2.22. The summed E-state index contributed by atoms with van der Waals surface area (Å²) in [6, 6.07) is 0.536. The van der Waals surface area contributed by atoms with E-state index in [0.717, 1.165) is 0 Å². The highest BCUT2D eigenvalue weighted by Crippen LogP contribution is 2.14. The first-order chi connectivity index (χ1) is 8.02. The van der Waals surface area contributed by atoms with E-state index in [1.165, 1.54) is 32.1 Å². The van der Waals surface area contributed by atoms with Crippen LogP contribution in [-0.4, -0.2) is 17.9 Å². The van der Waals surface area contributed by atoms with Gasteiger partial charge in [0, 0.05) is 18.9 Å². The summed E-state index contributed by atoms with van der Waals surface area (Å²) in [5, 5.41) is 0.